The van der Waals surface area contributed by atoms with Gasteiger partial charge in [0.25, 0.3) is 0 Å². The summed E-state index contributed by atoms with van der Waals surface area (Å²) in [5.74, 6) is 1.69. The monoisotopic (exact) mass is 245 g/mol. The molecule has 2 N–H and O–H groups in total. The minimum absolute atomic E-state index is 0.757. The molecule has 0 aliphatic carbocycles. The van der Waals surface area contributed by atoms with E-state index in [0.29, 0.717) is 0 Å². The Morgan fingerprint density at radius 2 is 1.76 bits per heavy atom. The van der Waals surface area contributed by atoms with E-state index in [-0.39, 0.29) is 0 Å². The molecule has 0 bridgehead atoms. The van der Waals surface area contributed by atoms with Crippen LogP contribution in [-0.4, -0.2) is 6.26 Å². The van der Waals surface area contributed by atoms with Crippen molar-refractivity contribution in [1.29, 1.82) is 0 Å². The Morgan fingerprint density at radius 3 is 2.35 bits per heavy atom. The zero-order valence-electron chi connectivity index (χ0n) is 9.94. The molecular weight excluding hydrogens is 230 g/mol. The summed E-state index contributed by atoms with van der Waals surface area (Å²) >= 11 is 1.72. The highest BCUT2D eigenvalue weighted by Gasteiger charge is 2.01. The molecule has 0 aliphatic rings. The zero-order valence-corrected chi connectivity index (χ0v) is 10.8. The number of thioether (sulfide) groups is 1. The van der Waals surface area contributed by atoms with Crippen LogP contribution < -0.4 is 10.5 Å². The number of aryl methyl sites for hydroxylation is 1. The van der Waals surface area contributed by atoms with Crippen LogP contribution in [0.5, 0.6) is 11.5 Å². The summed E-state index contributed by atoms with van der Waals surface area (Å²) in [4.78, 5) is 1.23. The van der Waals surface area contributed by atoms with Crippen molar-refractivity contribution in [1.82, 2.24) is 0 Å². The van der Waals surface area contributed by atoms with Gasteiger partial charge in [-0.25, -0.2) is 0 Å². The van der Waals surface area contributed by atoms with E-state index >= 15 is 0 Å². The minimum Gasteiger partial charge on any atom is -0.457 e. The standard InChI is InChI=1S/C14H15NOS/c1-10-9-11(15)3-8-14(10)16-12-4-6-13(17-2)7-5-12/h3-9H,15H2,1-2H3. The lowest BCUT2D eigenvalue weighted by Crippen LogP contribution is -1.90. The molecule has 0 aliphatic heterocycles. The number of ether oxygens (including phenoxy) is 1. The van der Waals surface area contributed by atoms with Gasteiger partial charge in [0, 0.05) is 10.6 Å². The Morgan fingerprint density at radius 1 is 1.06 bits per heavy atom. The van der Waals surface area contributed by atoms with Gasteiger partial charge in [0.15, 0.2) is 0 Å². The summed E-state index contributed by atoms with van der Waals surface area (Å²) in [5, 5.41) is 0. The van der Waals surface area contributed by atoms with E-state index in [2.05, 4.69) is 6.26 Å². The van der Waals surface area contributed by atoms with Gasteiger partial charge in [-0.1, -0.05) is 0 Å². The molecule has 0 unspecified atom stereocenters. The zero-order chi connectivity index (χ0) is 12.3. The second-order valence-electron chi connectivity index (χ2n) is 3.80. The Labute approximate surface area is 106 Å². The first-order valence-electron chi connectivity index (χ1n) is 5.37. The van der Waals surface area contributed by atoms with E-state index in [1.54, 1.807) is 11.8 Å². The SMILES string of the molecule is CSc1ccc(Oc2ccc(N)cc2C)cc1. The molecule has 0 saturated heterocycles. The predicted molar refractivity (Wildman–Crippen MR) is 73.9 cm³/mol. The molecule has 0 radical (unpaired) electrons. The van der Waals surface area contributed by atoms with Crippen molar-refractivity contribution in [2.45, 2.75) is 11.8 Å². The average molecular weight is 245 g/mol. The van der Waals surface area contributed by atoms with Gasteiger partial charge in [-0.05, 0) is 61.2 Å². The molecule has 0 spiro atoms. The highest BCUT2D eigenvalue weighted by atomic mass is 32.2. The smallest absolute Gasteiger partial charge is 0.130 e. The van der Waals surface area contributed by atoms with Crippen LogP contribution >= 0.6 is 11.8 Å². The molecule has 2 aromatic rings. The van der Waals surface area contributed by atoms with Crippen LogP contribution in [0, 0.1) is 6.92 Å². The van der Waals surface area contributed by atoms with Gasteiger partial charge in [0.1, 0.15) is 11.5 Å². The summed E-state index contributed by atoms with van der Waals surface area (Å²) in [6.45, 7) is 1.99. The van der Waals surface area contributed by atoms with Crippen LogP contribution in [0.1, 0.15) is 5.56 Å². The number of hydrogen-bond donors (Lipinski definition) is 1. The summed E-state index contributed by atoms with van der Waals surface area (Å²) in [6, 6.07) is 13.7. The van der Waals surface area contributed by atoms with Crippen LogP contribution in [0.15, 0.2) is 47.4 Å². The molecule has 0 amide bonds. The van der Waals surface area contributed by atoms with Crippen LogP contribution in [0.4, 0.5) is 5.69 Å². The highest BCUT2D eigenvalue weighted by Crippen LogP contribution is 2.27. The van der Waals surface area contributed by atoms with Crippen LogP contribution in [0.25, 0.3) is 0 Å². The van der Waals surface area contributed by atoms with Crippen molar-refractivity contribution in [3.8, 4) is 11.5 Å². The Kier molecular flexibility index (Phi) is 3.59. The first-order valence-corrected chi connectivity index (χ1v) is 6.59. The molecule has 3 heteroatoms. The van der Waals surface area contributed by atoms with Crippen molar-refractivity contribution in [3.63, 3.8) is 0 Å². The number of nitrogen functional groups attached to an aromatic ring is 1. The fourth-order valence-electron chi connectivity index (χ4n) is 1.56. The molecule has 0 aromatic heterocycles. The Bertz CT molecular complexity index is 508. The highest BCUT2D eigenvalue weighted by molar-refractivity contribution is 7.98. The van der Waals surface area contributed by atoms with E-state index in [4.69, 9.17) is 10.5 Å². The maximum Gasteiger partial charge on any atom is 0.130 e. The lowest BCUT2D eigenvalue weighted by Gasteiger charge is -2.09. The minimum atomic E-state index is 0.757. The van der Waals surface area contributed by atoms with Crippen LogP contribution in [0.3, 0.4) is 0 Å². The van der Waals surface area contributed by atoms with Crippen molar-refractivity contribution in [2.24, 2.45) is 0 Å². The second-order valence-corrected chi connectivity index (χ2v) is 4.68. The van der Waals surface area contributed by atoms with Gasteiger partial charge in [-0.3, -0.25) is 0 Å². The van der Waals surface area contributed by atoms with E-state index in [9.17, 15) is 0 Å². The molecule has 2 nitrogen and oxygen atoms in total. The summed E-state index contributed by atoms with van der Waals surface area (Å²) in [7, 11) is 0. The van der Waals surface area contributed by atoms with E-state index in [1.165, 1.54) is 4.90 Å². The first-order chi connectivity index (χ1) is 8.19. The van der Waals surface area contributed by atoms with Crippen molar-refractivity contribution < 1.29 is 4.74 Å². The molecule has 0 fully saturated rings. The maximum atomic E-state index is 5.80. The van der Waals surface area contributed by atoms with E-state index < -0.39 is 0 Å². The molecule has 88 valence electrons. The third kappa shape index (κ3) is 2.94. The number of benzene rings is 2. The Hall–Kier alpha value is -1.61. The normalized spacial score (nSPS) is 10.2. The number of hydrogen-bond acceptors (Lipinski definition) is 3. The molecule has 17 heavy (non-hydrogen) atoms. The van der Waals surface area contributed by atoms with Gasteiger partial charge in [0.05, 0.1) is 0 Å². The van der Waals surface area contributed by atoms with Crippen molar-refractivity contribution in [3.05, 3.63) is 48.0 Å². The fraction of sp³-hybridized carbons (Fsp3) is 0.143. The quantitative estimate of drug-likeness (QED) is 0.653. The average Bonchev–Trinajstić information content (AvgIpc) is 2.34. The molecule has 0 saturated carbocycles. The van der Waals surface area contributed by atoms with E-state index in [0.717, 1.165) is 22.7 Å². The second kappa shape index (κ2) is 5.15. The van der Waals surface area contributed by atoms with Crippen LogP contribution in [-0.2, 0) is 0 Å². The molecule has 0 atom stereocenters. The molecular formula is C14H15NOS. The fourth-order valence-corrected chi connectivity index (χ4v) is 1.97. The van der Waals surface area contributed by atoms with Gasteiger partial charge in [-0.2, -0.15) is 0 Å². The van der Waals surface area contributed by atoms with Crippen LogP contribution in [0.2, 0.25) is 0 Å². The maximum absolute atomic E-state index is 5.80. The number of rotatable bonds is 3. The summed E-state index contributed by atoms with van der Waals surface area (Å²) in [5.41, 5.74) is 7.50. The summed E-state index contributed by atoms with van der Waals surface area (Å²) < 4.78 is 5.80. The van der Waals surface area contributed by atoms with Gasteiger partial charge < -0.3 is 10.5 Å². The van der Waals surface area contributed by atoms with E-state index in [1.807, 2.05) is 49.4 Å². The topological polar surface area (TPSA) is 35.2 Å². The third-order valence-corrected chi connectivity index (χ3v) is 3.23. The Balaban J connectivity index is 2.19. The first kappa shape index (κ1) is 11.9. The van der Waals surface area contributed by atoms with Crippen molar-refractivity contribution in [2.75, 3.05) is 12.0 Å². The largest absolute Gasteiger partial charge is 0.457 e. The molecule has 2 rings (SSSR count). The number of nitrogens with two attached hydrogens (primary N) is 1. The van der Waals surface area contributed by atoms with Gasteiger partial charge >= 0.3 is 0 Å². The van der Waals surface area contributed by atoms with Crippen molar-refractivity contribution >= 4 is 17.4 Å². The van der Waals surface area contributed by atoms with Gasteiger partial charge in [-0.15, -0.1) is 11.8 Å². The lowest BCUT2D eigenvalue weighted by atomic mass is 10.2. The summed E-state index contributed by atoms with van der Waals surface area (Å²) in [6.07, 6.45) is 2.06. The number of anilines is 1. The third-order valence-electron chi connectivity index (χ3n) is 2.49. The molecule has 0 heterocycles. The van der Waals surface area contributed by atoms with Gasteiger partial charge in [0.2, 0.25) is 0 Å². The lowest BCUT2D eigenvalue weighted by molar-refractivity contribution is 0.478. The molecule has 2 aromatic carbocycles. The predicted octanol–water partition coefficient (Wildman–Crippen LogP) is 4.09.